The lowest BCUT2D eigenvalue weighted by Gasteiger charge is -2.20. The summed E-state index contributed by atoms with van der Waals surface area (Å²) in [6, 6.07) is 0.116. The minimum atomic E-state index is -0.883. The summed E-state index contributed by atoms with van der Waals surface area (Å²) in [6.07, 6.45) is 3.74. The zero-order valence-electron chi connectivity index (χ0n) is 9.94. The molecule has 17 heavy (non-hydrogen) atoms. The molecular weight excluding hydrogens is 242 g/mol. The molecule has 0 aliphatic heterocycles. The minimum absolute atomic E-state index is 0.116. The van der Waals surface area contributed by atoms with Crippen molar-refractivity contribution in [1.82, 2.24) is 9.78 Å². The molecule has 94 valence electrons. The second kappa shape index (κ2) is 4.31. The number of aryl methyl sites for hydroxylation is 1. The van der Waals surface area contributed by atoms with Crippen LogP contribution in [0, 0.1) is 6.92 Å². The van der Waals surface area contributed by atoms with E-state index in [0.29, 0.717) is 17.9 Å². The number of ether oxygens (including phenoxy) is 1. The zero-order valence-corrected chi connectivity index (χ0v) is 10.7. The largest absolute Gasteiger partial charge is 0.468 e. The van der Waals surface area contributed by atoms with Crippen molar-refractivity contribution in [3.63, 3.8) is 0 Å². The molecule has 1 aromatic heterocycles. The van der Waals surface area contributed by atoms with Crippen molar-refractivity contribution in [1.29, 1.82) is 0 Å². The molecule has 0 spiro atoms. The molecule has 0 amide bonds. The molecule has 0 aromatic carbocycles. The van der Waals surface area contributed by atoms with Crippen LogP contribution in [0.3, 0.4) is 0 Å². The highest BCUT2D eigenvalue weighted by Crippen LogP contribution is 2.37. The van der Waals surface area contributed by atoms with E-state index in [0.717, 1.165) is 12.1 Å². The van der Waals surface area contributed by atoms with Gasteiger partial charge in [0.15, 0.2) is 0 Å². The van der Waals surface area contributed by atoms with Gasteiger partial charge >= 0.3 is 5.97 Å². The Labute approximate surface area is 105 Å². The van der Waals surface area contributed by atoms with E-state index in [9.17, 15) is 4.79 Å². The van der Waals surface area contributed by atoms with Crippen molar-refractivity contribution in [3.05, 3.63) is 16.9 Å². The maximum absolute atomic E-state index is 11.6. The number of esters is 1. The first-order valence-corrected chi connectivity index (χ1v) is 5.92. The highest BCUT2D eigenvalue weighted by Gasteiger charge is 2.43. The summed E-state index contributed by atoms with van der Waals surface area (Å²) in [5, 5.41) is 4.96. The average Bonchev–Trinajstić information content (AvgIpc) is 2.84. The Morgan fingerprint density at radius 1 is 1.76 bits per heavy atom. The van der Waals surface area contributed by atoms with Crippen molar-refractivity contribution < 1.29 is 9.53 Å². The molecule has 1 saturated carbocycles. The van der Waals surface area contributed by atoms with Gasteiger partial charge in [-0.25, -0.2) is 0 Å². The molecule has 2 rings (SSSR count). The summed E-state index contributed by atoms with van der Waals surface area (Å²) >= 11 is 5.96. The minimum Gasteiger partial charge on any atom is -0.468 e. The van der Waals surface area contributed by atoms with E-state index in [2.05, 4.69) is 5.10 Å². The first-order chi connectivity index (χ1) is 7.96. The van der Waals surface area contributed by atoms with Crippen molar-refractivity contribution >= 4 is 17.6 Å². The predicted octanol–water partition coefficient (Wildman–Crippen LogP) is 1.44. The summed E-state index contributed by atoms with van der Waals surface area (Å²) in [5.41, 5.74) is 5.94. The van der Waals surface area contributed by atoms with Gasteiger partial charge in [-0.15, -0.1) is 0 Å². The molecule has 2 atom stereocenters. The van der Waals surface area contributed by atoms with Crippen molar-refractivity contribution in [2.45, 2.75) is 37.8 Å². The van der Waals surface area contributed by atoms with E-state index in [-0.39, 0.29) is 12.0 Å². The molecule has 5 nitrogen and oxygen atoms in total. The van der Waals surface area contributed by atoms with Gasteiger partial charge in [0, 0.05) is 6.20 Å². The summed E-state index contributed by atoms with van der Waals surface area (Å²) < 4.78 is 6.53. The van der Waals surface area contributed by atoms with Gasteiger partial charge in [0.2, 0.25) is 0 Å². The number of hydrogen-bond donors (Lipinski definition) is 1. The fourth-order valence-electron chi connectivity index (χ4n) is 2.31. The Hall–Kier alpha value is -1.07. The van der Waals surface area contributed by atoms with Gasteiger partial charge in [-0.3, -0.25) is 9.48 Å². The van der Waals surface area contributed by atoms with Gasteiger partial charge in [-0.05, 0) is 26.2 Å². The Bertz CT molecular complexity index is 426. The monoisotopic (exact) mass is 257 g/mol. The number of rotatable bonds is 2. The standard InChI is InChI=1S/C11H16ClN3O2/c1-7-9(12)6-15(14-7)8-3-4-11(13,5-8)10(16)17-2/h6,8H,3-5,13H2,1-2H3. The fourth-order valence-corrected chi connectivity index (χ4v) is 2.45. The van der Waals surface area contributed by atoms with Crippen LogP contribution in [0.5, 0.6) is 0 Å². The predicted molar refractivity (Wildman–Crippen MR) is 63.8 cm³/mol. The SMILES string of the molecule is COC(=O)C1(N)CCC(n2cc(Cl)c(C)n2)C1. The lowest BCUT2D eigenvalue weighted by molar-refractivity contribution is -0.146. The van der Waals surface area contributed by atoms with E-state index in [1.165, 1.54) is 7.11 Å². The number of nitrogens with zero attached hydrogens (tertiary/aromatic N) is 2. The van der Waals surface area contributed by atoms with E-state index in [4.69, 9.17) is 22.1 Å². The molecular formula is C11H16ClN3O2. The lowest BCUT2D eigenvalue weighted by Crippen LogP contribution is -2.46. The number of carbonyl (C=O) groups is 1. The van der Waals surface area contributed by atoms with Gasteiger partial charge in [-0.2, -0.15) is 5.10 Å². The van der Waals surface area contributed by atoms with E-state index < -0.39 is 5.54 Å². The van der Waals surface area contributed by atoms with E-state index in [1.807, 2.05) is 6.92 Å². The first-order valence-electron chi connectivity index (χ1n) is 5.55. The van der Waals surface area contributed by atoms with Crippen LogP contribution in [-0.4, -0.2) is 28.4 Å². The van der Waals surface area contributed by atoms with Crippen molar-refractivity contribution in [2.24, 2.45) is 5.73 Å². The van der Waals surface area contributed by atoms with Gasteiger partial charge in [0.05, 0.1) is 23.9 Å². The molecule has 1 aliphatic rings. The van der Waals surface area contributed by atoms with Crippen LogP contribution in [0.15, 0.2) is 6.20 Å². The Morgan fingerprint density at radius 2 is 2.47 bits per heavy atom. The van der Waals surface area contributed by atoms with Gasteiger partial charge < -0.3 is 10.5 Å². The van der Waals surface area contributed by atoms with Crippen LogP contribution >= 0.6 is 11.6 Å². The van der Waals surface area contributed by atoms with Crippen molar-refractivity contribution in [2.75, 3.05) is 7.11 Å². The van der Waals surface area contributed by atoms with Crippen LogP contribution < -0.4 is 5.73 Å². The van der Waals surface area contributed by atoms with Gasteiger partial charge in [0.25, 0.3) is 0 Å². The average molecular weight is 258 g/mol. The van der Waals surface area contributed by atoms with Crippen LogP contribution in [0.4, 0.5) is 0 Å². The van der Waals surface area contributed by atoms with Crippen LogP contribution in [0.25, 0.3) is 0 Å². The third-order valence-corrected chi connectivity index (χ3v) is 3.72. The third-order valence-electron chi connectivity index (χ3n) is 3.35. The van der Waals surface area contributed by atoms with Gasteiger partial charge in [0.1, 0.15) is 5.54 Å². The third kappa shape index (κ3) is 2.17. The van der Waals surface area contributed by atoms with E-state index >= 15 is 0 Å². The molecule has 1 fully saturated rings. The van der Waals surface area contributed by atoms with E-state index in [1.54, 1.807) is 10.9 Å². The molecule has 1 aromatic rings. The number of hydrogen-bond acceptors (Lipinski definition) is 4. The number of nitrogens with two attached hydrogens (primary N) is 1. The second-order valence-corrected chi connectivity index (χ2v) is 4.99. The van der Waals surface area contributed by atoms with Crippen molar-refractivity contribution in [3.8, 4) is 0 Å². The molecule has 6 heteroatoms. The summed E-state index contributed by atoms with van der Waals surface area (Å²) in [4.78, 5) is 11.6. The molecule has 1 heterocycles. The maximum Gasteiger partial charge on any atom is 0.325 e. The summed E-state index contributed by atoms with van der Waals surface area (Å²) in [6.45, 7) is 1.85. The topological polar surface area (TPSA) is 70.1 Å². The van der Waals surface area contributed by atoms with Crippen LogP contribution in [0.2, 0.25) is 5.02 Å². The van der Waals surface area contributed by atoms with Crippen LogP contribution in [0.1, 0.15) is 31.0 Å². The van der Waals surface area contributed by atoms with Crippen LogP contribution in [-0.2, 0) is 9.53 Å². The summed E-state index contributed by atoms with van der Waals surface area (Å²) in [5.74, 6) is -0.352. The Kier molecular flexibility index (Phi) is 3.14. The highest BCUT2D eigenvalue weighted by molar-refractivity contribution is 6.31. The molecule has 2 N–H and O–H groups in total. The molecule has 0 bridgehead atoms. The normalized spacial score (nSPS) is 28.4. The Morgan fingerprint density at radius 3 is 3.00 bits per heavy atom. The smallest absolute Gasteiger partial charge is 0.325 e. The number of carbonyl (C=O) groups excluding carboxylic acids is 1. The fraction of sp³-hybridized carbons (Fsp3) is 0.636. The number of methoxy groups -OCH3 is 1. The Balaban J connectivity index is 2.15. The number of halogens is 1. The molecule has 0 radical (unpaired) electrons. The zero-order chi connectivity index (χ0) is 12.6. The van der Waals surface area contributed by atoms with Gasteiger partial charge in [-0.1, -0.05) is 11.6 Å². The maximum atomic E-state index is 11.6. The molecule has 0 saturated heterocycles. The highest BCUT2D eigenvalue weighted by atomic mass is 35.5. The quantitative estimate of drug-likeness (QED) is 0.814. The summed E-state index contributed by atoms with van der Waals surface area (Å²) in [7, 11) is 1.36. The second-order valence-electron chi connectivity index (χ2n) is 4.59. The molecule has 1 aliphatic carbocycles. The lowest BCUT2D eigenvalue weighted by atomic mass is 9.99. The molecule has 2 unspecified atom stereocenters. The first kappa shape index (κ1) is 12.4. The number of aromatic nitrogens is 2.